The molecule has 3 heterocycles. The highest BCUT2D eigenvalue weighted by Gasteiger charge is 2.16. The van der Waals surface area contributed by atoms with Crippen LogP contribution in [0.25, 0.3) is 16.2 Å². The fourth-order valence-corrected chi connectivity index (χ4v) is 5.30. The molecule has 0 radical (unpaired) electrons. The molecule has 152 valence electrons. The van der Waals surface area contributed by atoms with Crippen molar-refractivity contribution in [3.05, 3.63) is 60.0 Å². The van der Waals surface area contributed by atoms with E-state index in [1.54, 1.807) is 11.3 Å². The molecule has 1 fully saturated rings. The van der Waals surface area contributed by atoms with Crippen LogP contribution < -0.4 is 10.2 Å². The predicted octanol–water partition coefficient (Wildman–Crippen LogP) is 4.79. The number of hydrogen-bond donors (Lipinski definition) is 1. The zero-order valence-electron chi connectivity index (χ0n) is 16.3. The number of nitrogens with zero attached hydrogens (tertiary/aromatic N) is 4. The van der Waals surface area contributed by atoms with Crippen molar-refractivity contribution in [2.24, 2.45) is 0 Å². The third-order valence-electron chi connectivity index (χ3n) is 5.14. The van der Waals surface area contributed by atoms with E-state index >= 15 is 0 Å². The topological polar surface area (TPSA) is 62.5 Å². The Morgan fingerprint density at radius 1 is 1.03 bits per heavy atom. The largest absolute Gasteiger partial charge is 0.372 e. The minimum atomic E-state index is -0.0536. The molecule has 8 heteroatoms. The number of fused-ring (bicyclic) bond motifs is 1. The molecule has 2 aromatic heterocycles. The molecule has 0 saturated carbocycles. The standard InChI is InChI=1S/C22H21N5OS2/c28-20(23-17-8-10-18(11-9-17)26-12-4-5-13-26)15-30-22-25-24-21-27(22)19(14-29-21)16-6-2-1-3-7-16/h1-3,6-11,14H,4-5,12-13,15H2,(H,23,28). The van der Waals surface area contributed by atoms with Gasteiger partial charge in [-0.2, -0.15) is 0 Å². The summed E-state index contributed by atoms with van der Waals surface area (Å²) in [5.41, 5.74) is 4.18. The first-order valence-corrected chi connectivity index (χ1v) is 11.8. The molecule has 1 aliphatic heterocycles. The van der Waals surface area contributed by atoms with Crippen molar-refractivity contribution in [3.63, 3.8) is 0 Å². The minimum absolute atomic E-state index is 0.0536. The van der Waals surface area contributed by atoms with Gasteiger partial charge in [0.05, 0.1) is 11.4 Å². The third-order valence-corrected chi connectivity index (χ3v) is 6.89. The molecule has 0 bridgehead atoms. The SMILES string of the molecule is O=C(CSc1nnc2scc(-c3ccccc3)n12)Nc1ccc(N2CCCC2)cc1. The quantitative estimate of drug-likeness (QED) is 0.441. The van der Waals surface area contributed by atoms with Gasteiger partial charge >= 0.3 is 0 Å². The number of thiazole rings is 1. The molecule has 1 N–H and O–H groups in total. The van der Waals surface area contributed by atoms with Crippen LogP contribution in [0.15, 0.2) is 65.1 Å². The lowest BCUT2D eigenvalue weighted by Gasteiger charge is -2.17. The van der Waals surface area contributed by atoms with Gasteiger partial charge in [0.25, 0.3) is 0 Å². The molecular formula is C22H21N5OS2. The molecule has 0 aliphatic carbocycles. The number of amides is 1. The molecule has 0 unspecified atom stereocenters. The summed E-state index contributed by atoms with van der Waals surface area (Å²) >= 11 is 2.95. The highest BCUT2D eigenvalue weighted by molar-refractivity contribution is 7.99. The van der Waals surface area contributed by atoms with E-state index in [0.717, 1.165) is 40.2 Å². The Labute approximate surface area is 182 Å². The molecule has 1 saturated heterocycles. The lowest BCUT2D eigenvalue weighted by Crippen LogP contribution is -2.18. The maximum absolute atomic E-state index is 12.5. The van der Waals surface area contributed by atoms with Gasteiger partial charge in [-0.1, -0.05) is 42.1 Å². The fourth-order valence-electron chi connectivity index (χ4n) is 3.66. The van der Waals surface area contributed by atoms with Crippen LogP contribution in [-0.4, -0.2) is 39.3 Å². The summed E-state index contributed by atoms with van der Waals surface area (Å²) in [4.78, 5) is 15.7. The minimum Gasteiger partial charge on any atom is -0.372 e. The number of carbonyl (C=O) groups is 1. The first-order valence-electron chi connectivity index (χ1n) is 9.94. The van der Waals surface area contributed by atoms with Crippen molar-refractivity contribution in [2.75, 3.05) is 29.1 Å². The predicted molar refractivity (Wildman–Crippen MR) is 124 cm³/mol. The second-order valence-electron chi connectivity index (χ2n) is 7.17. The summed E-state index contributed by atoms with van der Waals surface area (Å²) in [7, 11) is 0. The summed E-state index contributed by atoms with van der Waals surface area (Å²) in [6, 6.07) is 18.2. The van der Waals surface area contributed by atoms with E-state index < -0.39 is 0 Å². The average molecular weight is 436 g/mol. The number of carbonyl (C=O) groups excluding carboxylic acids is 1. The van der Waals surface area contributed by atoms with Crippen molar-refractivity contribution in [1.82, 2.24) is 14.6 Å². The Kier molecular flexibility index (Phi) is 5.42. The second kappa shape index (κ2) is 8.49. The summed E-state index contributed by atoms with van der Waals surface area (Å²) in [6.07, 6.45) is 2.50. The van der Waals surface area contributed by atoms with E-state index in [0.29, 0.717) is 0 Å². The first kappa shape index (κ1) is 19.1. The number of hydrogen-bond acceptors (Lipinski definition) is 6. The van der Waals surface area contributed by atoms with E-state index in [9.17, 15) is 4.79 Å². The van der Waals surface area contributed by atoms with Gasteiger partial charge in [0.15, 0.2) is 5.16 Å². The van der Waals surface area contributed by atoms with Crippen LogP contribution in [0.3, 0.4) is 0 Å². The number of benzene rings is 2. The third kappa shape index (κ3) is 3.93. The smallest absolute Gasteiger partial charge is 0.234 e. The molecule has 1 amide bonds. The number of nitrogens with one attached hydrogen (secondary N) is 1. The maximum atomic E-state index is 12.5. The van der Waals surface area contributed by atoms with Gasteiger partial charge in [-0.15, -0.1) is 21.5 Å². The average Bonchev–Trinajstić information content (AvgIpc) is 3.52. The number of aromatic nitrogens is 3. The van der Waals surface area contributed by atoms with Crippen LogP contribution in [0.1, 0.15) is 12.8 Å². The number of anilines is 2. The molecule has 0 spiro atoms. The highest BCUT2D eigenvalue weighted by Crippen LogP contribution is 2.30. The zero-order valence-corrected chi connectivity index (χ0v) is 18.0. The molecule has 6 nitrogen and oxygen atoms in total. The van der Waals surface area contributed by atoms with Gasteiger partial charge < -0.3 is 10.2 Å². The molecule has 2 aromatic carbocycles. The van der Waals surface area contributed by atoms with Crippen LogP contribution in [0.2, 0.25) is 0 Å². The van der Waals surface area contributed by atoms with Crippen molar-refractivity contribution in [3.8, 4) is 11.3 Å². The second-order valence-corrected chi connectivity index (χ2v) is 8.94. The Bertz CT molecular complexity index is 1150. The maximum Gasteiger partial charge on any atom is 0.234 e. The van der Waals surface area contributed by atoms with Gasteiger partial charge in [-0.05, 0) is 42.7 Å². The van der Waals surface area contributed by atoms with Crippen molar-refractivity contribution < 1.29 is 4.79 Å². The van der Waals surface area contributed by atoms with Gasteiger partial charge in [-0.3, -0.25) is 9.20 Å². The van der Waals surface area contributed by atoms with Crippen molar-refractivity contribution >= 4 is 45.3 Å². The normalized spacial score (nSPS) is 13.8. The number of rotatable bonds is 6. The summed E-state index contributed by atoms with van der Waals surface area (Å²) in [5.74, 6) is 0.223. The molecule has 1 aliphatic rings. The zero-order chi connectivity index (χ0) is 20.3. The van der Waals surface area contributed by atoms with E-state index in [1.807, 2.05) is 34.7 Å². The molecule has 5 rings (SSSR count). The molecule has 4 aromatic rings. The van der Waals surface area contributed by atoms with Crippen molar-refractivity contribution in [2.45, 2.75) is 18.0 Å². The van der Waals surface area contributed by atoms with E-state index in [1.165, 1.54) is 30.3 Å². The van der Waals surface area contributed by atoms with Gasteiger partial charge in [0, 0.05) is 29.8 Å². The van der Waals surface area contributed by atoms with Crippen molar-refractivity contribution in [1.29, 1.82) is 0 Å². The van der Waals surface area contributed by atoms with Gasteiger partial charge in [-0.25, -0.2) is 0 Å². The monoisotopic (exact) mass is 435 g/mol. The molecule has 30 heavy (non-hydrogen) atoms. The van der Waals surface area contributed by atoms with Crippen LogP contribution in [0.4, 0.5) is 11.4 Å². The van der Waals surface area contributed by atoms with E-state index in [4.69, 9.17) is 0 Å². The Morgan fingerprint density at radius 2 is 1.80 bits per heavy atom. The van der Waals surface area contributed by atoms with Crippen LogP contribution in [0.5, 0.6) is 0 Å². The molecular weight excluding hydrogens is 414 g/mol. The van der Waals surface area contributed by atoms with E-state index in [-0.39, 0.29) is 11.7 Å². The lowest BCUT2D eigenvalue weighted by molar-refractivity contribution is -0.113. The summed E-state index contributed by atoms with van der Waals surface area (Å²) < 4.78 is 2.02. The van der Waals surface area contributed by atoms with Crippen LogP contribution in [-0.2, 0) is 4.79 Å². The lowest BCUT2D eigenvalue weighted by atomic mass is 10.2. The Hall–Kier alpha value is -2.84. The summed E-state index contributed by atoms with van der Waals surface area (Å²) in [5, 5.41) is 14.3. The highest BCUT2D eigenvalue weighted by atomic mass is 32.2. The fraction of sp³-hybridized carbons (Fsp3) is 0.227. The Morgan fingerprint density at radius 3 is 2.57 bits per heavy atom. The van der Waals surface area contributed by atoms with E-state index in [2.05, 4.69) is 50.1 Å². The first-order chi connectivity index (χ1) is 14.8. The molecule has 0 atom stereocenters. The van der Waals surface area contributed by atoms with Gasteiger partial charge in [0.2, 0.25) is 10.9 Å². The Balaban J connectivity index is 1.24. The van der Waals surface area contributed by atoms with Crippen LogP contribution in [0, 0.1) is 0 Å². The van der Waals surface area contributed by atoms with Crippen LogP contribution >= 0.6 is 23.1 Å². The summed E-state index contributed by atoms with van der Waals surface area (Å²) in [6.45, 7) is 2.23. The van der Waals surface area contributed by atoms with Gasteiger partial charge in [0.1, 0.15) is 0 Å². The number of thioether (sulfide) groups is 1.